The molecule has 0 aliphatic heterocycles. The SMILES string of the molecule is CC(C)COc1ccccc1NC(=O)C(F)(F)C(F)F. The third-order valence-electron chi connectivity index (χ3n) is 2.28. The van der Waals surface area contributed by atoms with Crippen LogP contribution in [0.25, 0.3) is 0 Å². The van der Waals surface area contributed by atoms with Gasteiger partial charge in [0.05, 0.1) is 12.3 Å². The van der Waals surface area contributed by atoms with Gasteiger partial charge in [-0.25, -0.2) is 8.78 Å². The van der Waals surface area contributed by atoms with E-state index in [1.54, 1.807) is 11.4 Å². The summed E-state index contributed by atoms with van der Waals surface area (Å²) in [5, 5.41) is 1.76. The normalized spacial score (nSPS) is 11.8. The van der Waals surface area contributed by atoms with E-state index in [2.05, 4.69) is 0 Å². The Kier molecular flexibility index (Phi) is 5.35. The minimum atomic E-state index is -4.74. The molecular formula is C13H15F4NO2. The largest absolute Gasteiger partial charge is 0.491 e. The maximum absolute atomic E-state index is 12.9. The zero-order valence-electron chi connectivity index (χ0n) is 11.0. The minimum Gasteiger partial charge on any atom is -0.491 e. The van der Waals surface area contributed by atoms with Crippen LogP contribution in [0.5, 0.6) is 5.75 Å². The second kappa shape index (κ2) is 6.58. The van der Waals surface area contributed by atoms with Gasteiger partial charge in [-0.05, 0) is 18.1 Å². The maximum atomic E-state index is 12.9. The Balaban J connectivity index is 2.84. The first-order valence-corrected chi connectivity index (χ1v) is 5.94. The zero-order valence-corrected chi connectivity index (χ0v) is 11.0. The van der Waals surface area contributed by atoms with Crippen molar-refractivity contribution in [2.75, 3.05) is 11.9 Å². The Morgan fingerprint density at radius 3 is 2.45 bits per heavy atom. The fourth-order valence-corrected chi connectivity index (χ4v) is 1.26. The lowest BCUT2D eigenvalue weighted by Gasteiger charge is -2.17. The van der Waals surface area contributed by atoms with Crippen LogP contribution < -0.4 is 10.1 Å². The molecule has 0 unspecified atom stereocenters. The van der Waals surface area contributed by atoms with Crippen LogP contribution in [0.3, 0.4) is 0 Å². The van der Waals surface area contributed by atoms with Crippen LogP contribution in [-0.2, 0) is 4.79 Å². The first-order valence-electron chi connectivity index (χ1n) is 5.94. The van der Waals surface area contributed by atoms with Gasteiger partial charge in [0.1, 0.15) is 5.75 Å². The number of rotatable bonds is 6. The summed E-state index contributed by atoms with van der Waals surface area (Å²) >= 11 is 0. The molecule has 7 heteroatoms. The molecule has 3 nitrogen and oxygen atoms in total. The number of para-hydroxylation sites is 2. The number of hydrogen-bond acceptors (Lipinski definition) is 2. The van der Waals surface area contributed by atoms with Crippen molar-refractivity contribution in [1.29, 1.82) is 0 Å². The van der Waals surface area contributed by atoms with Crippen molar-refractivity contribution in [3.05, 3.63) is 24.3 Å². The van der Waals surface area contributed by atoms with Crippen LogP contribution in [0.2, 0.25) is 0 Å². The van der Waals surface area contributed by atoms with E-state index in [0.717, 1.165) is 0 Å². The third kappa shape index (κ3) is 4.11. The van der Waals surface area contributed by atoms with E-state index in [0.29, 0.717) is 6.61 Å². The lowest BCUT2D eigenvalue weighted by atomic mass is 10.2. The van der Waals surface area contributed by atoms with Gasteiger partial charge < -0.3 is 10.1 Å². The highest BCUT2D eigenvalue weighted by Gasteiger charge is 2.49. The number of halogens is 4. The number of carbonyl (C=O) groups is 1. The van der Waals surface area contributed by atoms with E-state index in [9.17, 15) is 22.4 Å². The highest BCUT2D eigenvalue weighted by Crippen LogP contribution is 2.29. The van der Waals surface area contributed by atoms with Crippen molar-refractivity contribution in [2.24, 2.45) is 5.92 Å². The van der Waals surface area contributed by atoms with Crippen LogP contribution in [0.4, 0.5) is 23.2 Å². The van der Waals surface area contributed by atoms with Gasteiger partial charge in [0, 0.05) is 0 Å². The number of hydrogen-bond donors (Lipinski definition) is 1. The molecule has 112 valence electrons. The summed E-state index contributed by atoms with van der Waals surface area (Å²) in [5.41, 5.74) is -0.0709. The molecule has 0 aliphatic carbocycles. The standard InChI is InChI=1S/C13H15F4NO2/c1-8(2)7-20-10-6-4-3-5-9(10)18-12(19)13(16,17)11(14)15/h3-6,8,11H,7H2,1-2H3,(H,18,19). The Morgan fingerprint density at radius 2 is 1.90 bits per heavy atom. The molecule has 0 aromatic heterocycles. The number of ether oxygens (including phenoxy) is 1. The van der Waals surface area contributed by atoms with Crippen molar-refractivity contribution in [2.45, 2.75) is 26.2 Å². The molecule has 1 rings (SSSR count). The number of amides is 1. The fraction of sp³-hybridized carbons (Fsp3) is 0.462. The van der Waals surface area contributed by atoms with Crippen LogP contribution >= 0.6 is 0 Å². The summed E-state index contributed by atoms with van der Waals surface area (Å²) in [6.45, 7) is 4.07. The van der Waals surface area contributed by atoms with Gasteiger partial charge in [0.2, 0.25) is 0 Å². The van der Waals surface area contributed by atoms with Crippen molar-refractivity contribution in [3.63, 3.8) is 0 Å². The molecule has 1 N–H and O–H groups in total. The van der Waals surface area contributed by atoms with E-state index in [-0.39, 0.29) is 17.4 Å². The molecule has 1 aromatic rings. The summed E-state index contributed by atoms with van der Waals surface area (Å²) in [5.74, 6) is -6.47. The van der Waals surface area contributed by atoms with E-state index >= 15 is 0 Å². The molecule has 0 spiro atoms. The van der Waals surface area contributed by atoms with Gasteiger partial charge in [-0.2, -0.15) is 8.78 Å². The van der Waals surface area contributed by atoms with Crippen molar-refractivity contribution < 1.29 is 27.1 Å². The van der Waals surface area contributed by atoms with Crippen molar-refractivity contribution in [1.82, 2.24) is 0 Å². The summed E-state index contributed by atoms with van der Waals surface area (Å²) in [4.78, 5) is 11.2. The molecule has 0 saturated carbocycles. The Labute approximate surface area is 113 Å². The second-order valence-corrected chi connectivity index (χ2v) is 4.58. The average Bonchev–Trinajstić information content (AvgIpc) is 2.37. The number of alkyl halides is 4. The first-order chi connectivity index (χ1) is 9.25. The lowest BCUT2D eigenvalue weighted by Crippen LogP contribution is -2.41. The van der Waals surface area contributed by atoms with Crippen LogP contribution in [-0.4, -0.2) is 24.9 Å². The van der Waals surface area contributed by atoms with E-state index in [1.165, 1.54) is 18.2 Å². The summed E-state index contributed by atoms with van der Waals surface area (Å²) in [6, 6.07) is 5.81. The monoisotopic (exact) mass is 293 g/mol. The predicted octanol–water partition coefficient (Wildman–Crippen LogP) is 3.56. The van der Waals surface area contributed by atoms with Crippen molar-refractivity contribution in [3.8, 4) is 5.75 Å². The number of anilines is 1. The molecule has 20 heavy (non-hydrogen) atoms. The van der Waals surface area contributed by atoms with Crippen LogP contribution in [0.15, 0.2) is 24.3 Å². The topological polar surface area (TPSA) is 38.3 Å². The van der Waals surface area contributed by atoms with Gasteiger partial charge in [0.15, 0.2) is 0 Å². The summed E-state index contributed by atoms with van der Waals surface area (Å²) in [6.07, 6.45) is -4.06. The van der Waals surface area contributed by atoms with Gasteiger partial charge in [0.25, 0.3) is 0 Å². The van der Waals surface area contributed by atoms with Gasteiger partial charge >= 0.3 is 18.3 Å². The maximum Gasteiger partial charge on any atom is 0.383 e. The Hall–Kier alpha value is -1.79. The molecular weight excluding hydrogens is 278 g/mol. The van der Waals surface area contributed by atoms with Gasteiger partial charge in [-0.1, -0.05) is 26.0 Å². The van der Waals surface area contributed by atoms with Crippen LogP contribution in [0.1, 0.15) is 13.8 Å². The van der Waals surface area contributed by atoms with Crippen molar-refractivity contribution >= 4 is 11.6 Å². The van der Waals surface area contributed by atoms with Gasteiger partial charge in [-0.3, -0.25) is 4.79 Å². The summed E-state index contributed by atoms with van der Waals surface area (Å²) in [7, 11) is 0. The minimum absolute atomic E-state index is 0.0709. The molecule has 0 heterocycles. The number of benzene rings is 1. The van der Waals surface area contributed by atoms with E-state index in [4.69, 9.17) is 4.74 Å². The van der Waals surface area contributed by atoms with E-state index < -0.39 is 18.3 Å². The molecule has 1 amide bonds. The molecule has 1 aromatic carbocycles. The second-order valence-electron chi connectivity index (χ2n) is 4.58. The number of nitrogens with one attached hydrogen (secondary N) is 1. The third-order valence-corrected chi connectivity index (χ3v) is 2.28. The predicted molar refractivity (Wildman–Crippen MR) is 66.4 cm³/mol. The average molecular weight is 293 g/mol. The smallest absolute Gasteiger partial charge is 0.383 e. The van der Waals surface area contributed by atoms with Crippen LogP contribution in [0, 0.1) is 5.92 Å². The lowest BCUT2D eigenvalue weighted by molar-refractivity contribution is -0.163. The Morgan fingerprint density at radius 1 is 1.30 bits per heavy atom. The molecule has 0 fully saturated rings. The molecule has 0 saturated heterocycles. The molecule has 0 radical (unpaired) electrons. The highest BCUT2D eigenvalue weighted by atomic mass is 19.3. The zero-order chi connectivity index (χ0) is 15.3. The number of carbonyl (C=O) groups excluding carboxylic acids is 1. The van der Waals surface area contributed by atoms with E-state index in [1.807, 2.05) is 13.8 Å². The Bertz CT molecular complexity index is 463. The first kappa shape index (κ1) is 16.3. The quantitative estimate of drug-likeness (QED) is 0.814. The molecule has 0 bridgehead atoms. The molecule has 0 aliphatic rings. The molecule has 0 atom stereocenters. The summed E-state index contributed by atoms with van der Waals surface area (Å²) < 4.78 is 55.2. The highest BCUT2D eigenvalue weighted by molar-refractivity contribution is 5.97. The van der Waals surface area contributed by atoms with Gasteiger partial charge in [-0.15, -0.1) is 0 Å². The fourth-order valence-electron chi connectivity index (χ4n) is 1.26.